The Bertz CT molecular complexity index is 779. The number of guanidine groups is 1. The third-order valence-electron chi connectivity index (χ3n) is 4.68. The summed E-state index contributed by atoms with van der Waals surface area (Å²) in [4.78, 5) is 19.1. The Hall–Kier alpha value is -2.76. The summed E-state index contributed by atoms with van der Waals surface area (Å²) in [6.07, 6.45) is 2.67. The van der Waals surface area contributed by atoms with Crippen LogP contribution in [0, 0.1) is 5.41 Å². The number of hydrogen-bond donors (Lipinski definition) is 2. The molecule has 1 amide bonds. The molecule has 2 heterocycles. The van der Waals surface area contributed by atoms with Crippen LogP contribution in [0.1, 0.15) is 43.3 Å². The van der Waals surface area contributed by atoms with Gasteiger partial charge in [0.2, 0.25) is 0 Å². The van der Waals surface area contributed by atoms with Crippen molar-refractivity contribution in [2.24, 2.45) is 10.4 Å². The third-order valence-corrected chi connectivity index (χ3v) is 4.68. The monoisotopic (exact) mass is 368 g/mol. The standard InChI is InChI=1S/C21H28N4O2/c1-4-22-20(25-12-11-21(2,3)15-25)23-14-16-7-9-17(10-8-16)24-19(26)18-6-5-13-27-18/h5-10,13H,4,11-12,14-15H2,1-3H3,(H,22,23)(H,24,26). The average molecular weight is 368 g/mol. The quantitative estimate of drug-likeness (QED) is 0.623. The summed E-state index contributed by atoms with van der Waals surface area (Å²) >= 11 is 0. The van der Waals surface area contributed by atoms with Crippen molar-refractivity contribution >= 4 is 17.6 Å². The second-order valence-electron chi connectivity index (χ2n) is 7.63. The lowest BCUT2D eigenvalue weighted by Gasteiger charge is -2.23. The fourth-order valence-corrected chi connectivity index (χ4v) is 3.18. The van der Waals surface area contributed by atoms with Crippen LogP contribution < -0.4 is 10.6 Å². The Morgan fingerprint density at radius 1 is 1.26 bits per heavy atom. The zero-order chi connectivity index (χ0) is 19.3. The first-order valence-electron chi connectivity index (χ1n) is 9.44. The van der Waals surface area contributed by atoms with Crippen molar-refractivity contribution in [3.63, 3.8) is 0 Å². The van der Waals surface area contributed by atoms with Crippen molar-refractivity contribution in [3.8, 4) is 0 Å². The van der Waals surface area contributed by atoms with Gasteiger partial charge >= 0.3 is 0 Å². The lowest BCUT2D eigenvalue weighted by molar-refractivity contribution is 0.0996. The number of hydrogen-bond acceptors (Lipinski definition) is 3. The summed E-state index contributed by atoms with van der Waals surface area (Å²) in [6, 6.07) is 11.1. The molecule has 3 rings (SSSR count). The van der Waals surface area contributed by atoms with Crippen LogP contribution in [0.2, 0.25) is 0 Å². The number of aliphatic imine (C=N–C) groups is 1. The van der Waals surface area contributed by atoms with E-state index in [0.29, 0.717) is 17.7 Å². The van der Waals surface area contributed by atoms with Gasteiger partial charge in [-0.2, -0.15) is 0 Å². The smallest absolute Gasteiger partial charge is 0.291 e. The molecule has 0 unspecified atom stereocenters. The Morgan fingerprint density at radius 2 is 2.04 bits per heavy atom. The van der Waals surface area contributed by atoms with Gasteiger partial charge < -0.3 is 20.0 Å². The Kier molecular flexibility index (Phi) is 5.84. The number of carbonyl (C=O) groups excluding carboxylic acids is 1. The van der Waals surface area contributed by atoms with Crippen molar-refractivity contribution in [3.05, 3.63) is 54.0 Å². The first kappa shape index (κ1) is 19.0. The zero-order valence-electron chi connectivity index (χ0n) is 16.3. The topological polar surface area (TPSA) is 69.9 Å². The number of likely N-dealkylation sites (tertiary alicyclic amines) is 1. The first-order valence-corrected chi connectivity index (χ1v) is 9.44. The molecule has 1 aliphatic rings. The number of rotatable bonds is 5. The van der Waals surface area contributed by atoms with Gasteiger partial charge in [-0.1, -0.05) is 26.0 Å². The van der Waals surface area contributed by atoms with E-state index in [0.717, 1.165) is 36.8 Å². The van der Waals surface area contributed by atoms with E-state index in [2.05, 4.69) is 36.3 Å². The van der Waals surface area contributed by atoms with Gasteiger partial charge in [0.25, 0.3) is 5.91 Å². The van der Waals surface area contributed by atoms with Gasteiger partial charge in [-0.15, -0.1) is 0 Å². The fourth-order valence-electron chi connectivity index (χ4n) is 3.18. The van der Waals surface area contributed by atoms with Crippen molar-refractivity contribution < 1.29 is 9.21 Å². The molecule has 0 spiro atoms. The highest BCUT2D eigenvalue weighted by atomic mass is 16.3. The van der Waals surface area contributed by atoms with Gasteiger partial charge in [-0.05, 0) is 48.6 Å². The number of nitrogens with zero attached hydrogens (tertiary/aromatic N) is 2. The van der Waals surface area contributed by atoms with E-state index >= 15 is 0 Å². The van der Waals surface area contributed by atoms with Gasteiger partial charge in [0, 0.05) is 25.3 Å². The highest BCUT2D eigenvalue weighted by Crippen LogP contribution is 2.28. The number of carbonyl (C=O) groups is 1. The molecular weight excluding hydrogens is 340 g/mol. The van der Waals surface area contributed by atoms with Crippen LogP contribution in [-0.4, -0.2) is 36.4 Å². The number of anilines is 1. The molecule has 1 fully saturated rings. The number of nitrogens with one attached hydrogen (secondary N) is 2. The Morgan fingerprint density at radius 3 is 2.63 bits per heavy atom. The van der Waals surface area contributed by atoms with Crippen LogP contribution in [0.25, 0.3) is 0 Å². The maximum atomic E-state index is 12.0. The molecule has 0 radical (unpaired) electrons. The van der Waals surface area contributed by atoms with E-state index in [9.17, 15) is 4.79 Å². The molecule has 1 aromatic carbocycles. The Labute approximate surface area is 160 Å². The molecule has 2 N–H and O–H groups in total. The molecular formula is C21H28N4O2. The minimum absolute atomic E-state index is 0.253. The molecule has 1 aliphatic heterocycles. The fraction of sp³-hybridized carbons (Fsp3) is 0.429. The van der Waals surface area contributed by atoms with E-state index in [1.165, 1.54) is 12.7 Å². The van der Waals surface area contributed by atoms with Crippen LogP contribution in [0.3, 0.4) is 0 Å². The lowest BCUT2D eigenvalue weighted by atomic mass is 9.93. The van der Waals surface area contributed by atoms with Crippen LogP contribution in [0.5, 0.6) is 0 Å². The molecule has 144 valence electrons. The van der Waals surface area contributed by atoms with Crippen LogP contribution >= 0.6 is 0 Å². The summed E-state index contributed by atoms with van der Waals surface area (Å²) in [6.45, 7) is 10.2. The molecule has 6 nitrogen and oxygen atoms in total. The number of amides is 1. The van der Waals surface area contributed by atoms with Gasteiger partial charge in [0.15, 0.2) is 11.7 Å². The summed E-state index contributed by atoms with van der Waals surface area (Å²) in [5, 5.41) is 6.22. The number of furan rings is 1. The van der Waals surface area contributed by atoms with Crippen LogP contribution in [0.15, 0.2) is 52.1 Å². The predicted octanol–water partition coefficient (Wildman–Crippen LogP) is 3.73. The summed E-state index contributed by atoms with van der Waals surface area (Å²) in [7, 11) is 0. The van der Waals surface area contributed by atoms with Gasteiger partial charge in [-0.3, -0.25) is 4.79 Å². The summed E-state index contributed by atoms with van der Waals surface area (Å²) in [5.74, 6) is 1.02. The molecule has 27 heavy (non-hydrogen) atoms. The number of benzene rings is 1. The SMILES string of the molecule is CCNC(=NCc1ccc(NC(=O)c2ccco2)cc1)N1CCC(C)(C)C1. The van der Waals surface area contributed by atoms with Gasteiger partial charge in [-0.25, -0.2) is 4.99 Å². The second kappa shape index (κ2) is 8.29. The average Bonchev–Trinajstić information content (AvgIpc) is 3.29. The minimum Gasteiger partial charge on any atom is -0.459 e. The molecule has 1 aromatic heterocycles. The van der Waals surface area contributed by atoms with Crippen molar-refractivity contribution in [2.75, 3.05) is 25.0 Å². The highest BCUT2D eigenvalue weighted by Gasteiger charge is 2.30. The van der Waals surface area contributed by atoms with E-state index in [4.69, 9.17) is 9.41 Å². The minimum atomic E-state index is -0.253. The third kappa shape index (κ3) is 5.12. The zero-order valence-corrected chi connectivity index (χ0v) is 16.3. The molecule has 0 aliphatic carbocycles. The van der Waals surface area contributed by atoms with E-state index < -0.39 is 0 Å². The largest absolute Gasteiger partial charge is 0.459 e. The van der Waals surface area contributed by atoms with E-state index in [1.54, 1.807) is 12.1 Å². The molecule has 1 saturated heterocycles. The molecule has 0 bridgehead atoms. The van der Waals surface area contributed by atoms with Crippen molar-refractivity contribution in [1.82, 2.24) is 10.2 Å². The van der Waals surface area contributed by atoms with Gasteiger partial charge in [0.1, 0.15) is 0 Å². The van der Waals surface area contributed by atoms with Crippen LogP contribution in [0.4, 0.5) is 5.69 Å². The second-order valence-corrected chi connectivity index (χ2v) is 7.63. The maximum Gasteiger partial charge on any atom is 0.291 e. The first-order chi connectivity index (χ1) is 13.0. The molecule has 0 atom stereocenters. The van der Waals surface area contributed by atoms with Crippen molar-refractivity contribution in [2.45, 2.75) is 33.7 Å². The summed E-state index contributed by atoms with van der Waals surface area (Å²) in [5.41, 5.74) is 2.17. The lowest BCUT2D eigenvalue weighted by Crippen LogP contribution is -2.40. The summed E-state index contributed by atoms with van der Waals surface area (Å²) < 4.78 is 5.10. The predicted molar refractivity (Wildman–Crippen MR) is 108 cm³/mol. The maximum absolute atomic E-state index is 12.0. The van der Waals surface area contributed by atoms with E-state index in [1.807, 2.05) is 24.3 Å². The van der Waals surface area contributed by atoms with Crippen molar-refractivity contribution in [1.29, 1.82) is 0 Å². The molecule has 2 aromatic rings. The molecule has 0 saturated carbocycles. The Balaban J connectivity index is 1.61. The van der Waals surface area contributed by atoms with E-state index in [-0.39, 0.29) is 5.91 Å². The molecule has 6 heteroatoms. The van der Waals surface area contributed by atoms with Crippen LogP contribution in [-0.2, 0) is 6.54 Å². The highest BCUT2D eigenvalue weighted by molar-refractivity contribution is 6.02. The normalized spacial score (nSPS) is 16.4. The van der Waals surface area contributed by atoms with Gasteiger partial charge in [0.05, 0.1) is 12.8 Å².